The molecule has 1 aliphatic heterocycles. The van der Waals surface area contributed by atoms with Crippen LogP contribution in [0.2, 0.25) is 0 Å². The normalized spacial score (nSPS) is 13.0. The first-order valence-corrected chi connectivity index (χ1v) is 6.45. The van der Waals surface area contributed by atoms with E-state index in [1.54, 1.807) is 12.1 Å². The lowest BCUT2D eigenvalue weighted by Gasteiger charge is -2.12. The molecule has 0 saturated carbocycles. The molecule has 2 N–H and O–H groups in total. The van der Waals surface area contributed by atoms with Gasteiger partial charge in [0.1, 0.15) is 0 Å². The maximum atomic E-state index is 12.1. The molecule has 0 unspecified atom stereocenters. The molecule has 1 aromatic heterocycles. The summed E-state index contributed by atoms with van der Waals surface area (Å²) >= 11 is 0. The van der Waals surface area contributed by atoms with E-state index in [1.165, 1.54) is 24.4 Å². The second kappa shape index (κ2) is 5.34. The third-order valence-corrected chi connectivity index (χ3v) is 3.18. The van der Waals surface area contributed by atoms with E-state index in [1.807, 2.05) is 0 Å². The van der Waals surface area contributed by atoms with Gasteiger partial charge in [-0.05, 0) is 24.3 Å². The summed E-state index contributed by atoms with van der Waals surface area (Å²) in [5.41, 5.74) is 5.19. The van der Waals surface area contributed by atoms with Crippen LogP contribution >= 0.6 is 0 Å². The summed E-state index contributed by atoms with van der Waals surface area (Å²) in [6.07, 6.45) is 1.19. The van der Waals surface area contributed by atoms with E-state index in [0.29, 0.717) is 5.06 Å². The van der Waals surface area contributed by atoms with Crippen molar-refractivity contribution in [2.75, 3.05) is 0 Å². The molecule has 1 aliphatic rings. The van der Waals surface area contributed by atoms with Gasteiger partial charge in [-0.3, -0.25) is 14.4 Å². The molecule has 0 aliphatic carbocycles. The molecule has 2 aromatic rings. The van der Waals surface area contributed by atoms with Crippen LogP contribution in [0.15, 0.2) is 42.6 Å². The highest BCUT2D eigenvalue weighted by Crippen LogP contribution is 2.23. The van der Waals surface area contributed by atoms with Gasteiger partial charge in [-0.1, -0.05) is 17.2 Å². The number of carbonyl (C=O) groups is 4. The summed E-state index contributed by atoms with van der Waals surface area (Å²) in [4.78, 5) is 55.8. The largest absolute Gasteiger partial charge is 0.382 e. The van der Waals surface area contributed by atoms with Gasteiger partial charge in [0, 0.05) is 11.8 Å². The highest BCUT2D eigenvalue weighted by Gasteiger charge is 2.39. The fourth-order valence-electron chi connectivity index (χ4n) is 2.08. The van der Waals surface area contributed by atoms with Crippen LogP contribution in [0.3, 0.4) is 0 Å². The highest BCUT2D eigenvalue weighted by atomic mass is 16.7. The van der Waals surface area contributed by atoms with Crippen LogP contribution in [0.5, 0.6) is 0 Å². The van der Waals surface area contributed by atoms with Crippen molar-refractivity contribution in [2.24, 2.45) is 5.73 Å². The Balaban J connectivity index is 1.85. The molecule has 8 nitrogen and oxygen atoms in total. The van der Waals surface area contributed by atoms with E-state index in [2.05, 4.69) is 4.98 Å². The predicted molar refractivity (Wildman–Crippen MR) is 75.1 cm³/mol. The molecule has 23 heavy (non-hydrogen) atoms. The zero-order valence-corrected chi connectivity index (χ0v) is 11.6. The van der Waals surface area contributed by atoms with E-state index < -0.39 is 23.7 Å². The summed E-state index contributed by atoms with van der Waals surface area (Å²) in [5.74, 6) is -3.29. The summed E-state index contributed by atoms with van der Waals surface area (Å²) < 4.78 is 0. The average molecular weight is 311 g/mol. The molecule has 0 spiro atoms. The number of primary amides is 1. The molecule has 114 valence electrons. The van der Waals surface area contributed by atoms with Crippen LogP contribution in [0.4, 0.5) is 0 Å². The fourth-order valence-corrected chi connectivity index (χ4v) is 2.08. The molecule has 8 heteroatoms. The standard InChI is InChI=1S/C15H9N3O5/c16-12(19)8-5-6-17-11(7-8)15(22)23-18-13(20)9-3-1-2-4-10(9)14(18)21/h1-7H,(H2,16,19). The van der Waals surface area contributed by atoms with Gasteiger partial charge >= 0.3 is 5.97 Å². The smallest absolute Gasteiger partial charge is 0.366 e. The van der Waals surface area contributed by atoms with Gasteiger partial charge in [0.25, 0.3) is 11.8 Å². The molecule has 2 heterocycles. The number of hydroxylamine groups is 2. The van der Waals surface area contributed by atoms with Crippen molar-refractivity contribution in [2.45, 2.75) is 0 Å². The molecular weight excluding hydrogens is 302 g/mol. The number of nitrogens with two attached hydrogens (primary N) is 1. The third-order valence-electron chi connectivity index (χ3n) is 3.18. The van der Waals surface area contributed by atoms with Gasteiger partial charge < -0.3 is 10.6 Å². The lowest BCUT2D eigenvalue weighted by molar-refractivity contribution is -0.0588. The van der Waals surface area contributed by atoms with Crippen LogP contribution in [0, 0.1) is 0 Å². The first kappa shape index (κ1) is 14.4. The first-order chi connectivity index (χ1) is 11.0. The number of benzene rings is 1. The molecule has 3 rings (SSSR count). The number of carbonyl (C=O) groups excluding carboxylic acids is 4. The van der Waals surface area contributed by atoms with Crippen molar-refractivity contribution in [1.29, 1.82) is 0 Å². The Morgan fingerprint density at radius 1 is 1.04 bits per heavy atom. The minimum absolute atomic E-state index is 0.0503. The Hall–Kier alpha value is -3.55. The minimum atomic E-state index is -1.05. The molecule has 1 aromatic carbocycles. The van der Waals surface area contributed by atoms with Crippen molar-refractivity contribution in [3.05, 3.63) is 65.0 Å². The number of rotatable bonds is 3. The molecule has 0 fully saturated rings. The summed E-state index contributed by atoms with van der Waals surface area (Å²) in [5, 5.41) is 0.367. The fraction of sp³-hybridized carbons (Fsp3) is 0. The van der Waals surface area contributed by atoms with Crippen molar-refractivity contribution in [3.8, 4) is 0 Å². The number of nitrogens with zero attached hydrogens (tertiary/aromatic N) is 2. The lowest BCUT2D eigenvalue weighted by atomic mass is 10.1. The Bertz CT molecular complexity index is 827. The van der Waals surface area contributed by atoms with E-state index in [-0.39, 0.29) is 22.4 Å². The minimum Gasteiger partial charge on any atom is -0.366 e. The van der Waals surface area contributed by atoms with Gasteiger partial charge in [-0.15, -0.1) is 0 Å². The van der Waals surface area contributed by atoms with Crippen LogP contribution < -0.4 is 5.73 Å². The Kier molecular flexibility index (Phi) is 3.34. The van der Waals surface area contributed by atoms with Gasteiger partial charge in [-0.2, -0.15) is 0 Å². The first-order valence-electron chi connectivity index (χ1n) is 6.45. The summed E-state index contributed by atoms with van der Waals surface area (Å²) in [6, 6.07) is 8.52. The number of imide groups is 1. The number of pyridine rings is 1. The average Bonchev–Trinajstić information content (AvgIpc) is 2.80. The van der Waals surface area contributed by atoms with Gasteiger partial charge in [0.15, 0.2) is 5.69 Å². The van der Waals surface area contributed by atoms with E-state index in [4.69, 9.17) is 10.6 Å². The Labute approximate surface area is 129 Å². The number of hydrogen-bond acceptors (Lipinski definition) is 6. The number of aromatic nitrogens is 1. The molecule has 0 atom stereocenters. The number of hydrogen-bond donors (Lipinski definition) is 1. The zero-order chi connectivity index (χ0) is 16.6. The molecule has 0 bridgehead atoms. The number of amides is 3. The van der Waals surface area contributed by atoms with Crippen LogP contribution in [0.25, 0.3) is 0 Å². The van der Waals surface area contributed by atoms with Crippen molar-refractivity contribution in [1.82, 2.24) is 10.0 Å². The quantitative estimate of drug-likeness (QED) is 0.826. The Morgan fingerprint density at radius 3 is 2.22 bits per heavy atom. The third kappa shape index (κ3) is 2.42. The van der Waals surface area contributed by atoms with E-state index in [9.17, 15) is 19.2 Å². The highest BCUT2D eigenvalue weighted by molar-refractivity contribution is 6.21. The van der Waals surface area contributed by atoms with Crippen LogP contribution in [-0.2, 0) is 4.84 Å². The zero-order valence-electron chi connectivity index (χ0n) is 11.6. The monoisotopic (exact) mass is 311 g/mol. The van der Waals surface area contributed by atoms with Crippen molar-refractivity contribution in [3.63, 3.8) is 0 Å². The van der Waals surface area contributed by atoms with Gasteiger partial charge in [0.05, 0.1) is 11.1 Å². The predicted octanol–water partition coefficient (Wildman–Crippen LogP) is 0.548. The lowest BCUT2D eigenvalue weighted by Crippen LogP contribution is -2.33. The summed E-state index contributed by atoms with van der Waals surface area (Å²) in [6.45, 7) is 0. The van der Waals surface area contributed by atoms with Crippen molar-refractivity contribution >= 4 is 23.7 Å². The second-order valence-corrected chi connectivity index (χ2v) is 4.62. The van der Waals surface area contributed by atoms with Gasteiger partial charge in [-0.25, -0.2) is 9.78 Å². The molecule has 0 radical (unpaired) electrons. The van der Waals surface area contributed by atoms with Crippen molar-refractivity contribution < 1.29 is 24.0 Å². The molecule has 0 saturated heterocycles. The van der Waals surface area contributed by atoms with E-state index >= 15 is 0 Å². The topological polar surface area (TPSA) is 120 Å². The molecular formula is C15H9N3O5. The van der Waals surface area contributed by atoms with Crippen LogP contribution in [0.1, 0.15) is 41.6 Å². The maximum Gasteiger partial charge on any atom is 0.382 e. The van der Waals surface area contributed by atoms with Crippen LogP contribution in [-0.4, -0.2) is 33.7 Å². The van der Waals surface area contributed by atoms with E-state index in [0.717, 1.165) is 6.07 Å². The van der Waals surface area contributed by atoms with Gasteiger partial charge in [0.2, 0.25) is 5.91 Å². The SMILES string of the molecule is NC(=O)c1ccnc(C(=O)ON2C(=O)c3ccccc3C2=O)c1. The Morgan fingerprint density at radius 2 is 1.65 bits per heavy atom. The maximum absolute atomic E-state index is 12.1. The number of fused-ring (bicyclic) bond motifs is 1. The second-order valence-electron chi connectivity index (χ2n) is 4.62. The summed E-state index contributed by atoms with van der Waals surface area (Å²) in [7, 11) is 0. The molecule has 3 amide bonds.